The zero-order chi connectivity index (χ0) is 9.70. The Morgan fingerprint density at radius 3 is 1.73 bits per heavy atom. The number of carbonyl (C=O) groups excluding carboxylic acids is 1. The monoisotopic (exact) mass is 224 g/mol. The van der Waals surface area contributed by atoms with Crippen molar-refractivity contribution in [2.24, 2.45) is 0 Å². The Kier molecular flexibility index (Phi) is 35.5. The molecule has 0 fully saturated rings. The fourth-order valence-electron chi connectivity index (χ4n) is 0.0680. The minimum atomic E-state index is -0.750. The molecular weight excluding hydrogens is 214 g/mol. The third kappa shape index (κ3) is 134. The predicted octanol–water partition coefficient (Wildman–Crippen LogP) is 1.77. The highest BCUT2D eigenvalue weighted by Gasteiger charge is 1.78. The molecule has 70 valence electrons. The summed E-state index contributed by atoms with van der Waals surface area (Å²) in [5, 5.41) is 7.00. The highest BCUT2D eigenvalue weighted by atomic mass is 35.6. The largest absolute Gasteiger partial charge is 0.468 e. The van der Waals surface area contributed by atoms with Crippen LogP contribution in [0.5, 0.6) is 0 Å². The number of carbonyl (C=O) groups is 1. The van der Waals surface area contributed by atoms with Gasteiger partial charge in [-0.2, -0.15) is 0 Å². The normalized spacial score (nSPS) is 6.82. The van der Waals surface area contributed by atoms with Crippen molar-refractivity contribution >= 4 is 41.3 Å². The Morgan fingerprint density at radius 1 is 1.45 bits per heavy atom. The van der Waals surface area contributed by atoms with Crippen LogP contribution in [0.3, 0.4) is 0 Å². The van der Waals surface area contributed by atoms with E-state index in [-0.39, 0.29) is 0 Å². The summed E-state index contributed by atoms with van der Waals surface area (Å²) >= 11 is 14.4. The van der Waals surface area contributed by atoms with E-state index in [2.05, 4.69) is 4.74 Å². The third-order valence-corrected chi connectivity index (χ3v) is 0.235. The second-order valence-electron chi connectivity index (χ2n) is 0.799. The SMILES string of the molecule is CCOC=O.CO.ClC(Cl)Cl. The average Bonchev–Trinajstić information content (AvgIpc) is 1.93. The number of alkyl halides is 3. The molecule has 0 aromatic rings. The molecule has 0 saturated carbocycles. The maximum atomic E-state index is 9.18. The molecule has 0 spiro atoms. The lowest BCUT2D eigenvalue weighted by molar-refractivity contribution is -0.128. The fourth-order valence-corrected chi connectivity index (χ4v) is 0.0680. The summed E-state index contributed by atoms with van der Waals surface area (Å²) in [6, 6.07) is 0. The van der Waals surface area contributed by atoms with Gasteiger partial charge in [-0.1, -0.05) is 34.8 Å². The van der Waals surface area contributed by atoms with Crippen molar-refractivity contribution in [3.05, 3.63) is 0 Å². The van der Waals surface area contributed by atoms with Gasteiger partial charge < -0.3 is 9.84 Å². The van der Waals surface area contributed by atoms with Crippen LogP contribution < -0.4 is 0 Å². The van der Waals surface area contributed by atoms with Crippen LogP contribution in [0.4, 0.5) is 0 Å². The van der Waals surface area contributed by atoms with Gasteiger partial charge in [0.2, 0.25) is 0 Å². The molecule has 3 nitrogen and oxygen atoms in total. The van der Waals surface area contributed by atoms with Gasteiger partial charge in [0, 0.05) is 7.11 Å². The molecule has 0 aromatic carbocycles. The van der Waals surface area contributed by atoms with E-state index in [0.29, 0.717) is 13.1 Å². The first-order chi connectivity index (χ1) is 5.15. The summed E-state index contributed by atoms with van der Waals surface area (Å²) in [5.74, 6) is 0. The highest BCUT2D eigenvalue weighted by Crippen LogP contribution is 2.03. The van der Waals surface area contributed by atoms with Gasteiger partial charge in [0.05, 0.1) is 6.61 Å². The maximum absolute atomic E-state index is 9.18. The molecule has 0 unspecified atom stereocenters. The molecule has 0 aromatic heterocycles. The van der Waals surface area contributed by atoms with Crippen LogP contribution in [0.25, 0.3) is 0 Å². The maximum Gasteiger partial charge on any atom is 0.293 e. The number of aliphatic hydroxyl groups is 1. The van der Waals surface area contributed by atoms with E-state index < -0.39 is 4.30 Å². The van der Waals surface area contributed by atoms with E-state index in [1.807, 2.05) is 0 Å². The number of ether oxygens (including phenoxy) is 1. The van der Waals surface area contributed by atoms with Crippen molar-refractivity contribution in [2.45, 2.75) is 11.2 Å². The summed E-state index contributed by atoms with van der Waals surface area (Å²) in [6.07, 6.45) is 0. The molecule has 0 atom stereocenters. The lowest BCUT2D eigenvalue weighted by Gasteiger charge is -1.79. The molecular formula is C5H11Cl3O3. The van der Waals surface area contributed by atoms with Crippen LogP contribution in [0.1, 0.15) is 6.92 Å². The molecule has 0 aliphatic heterocycles. The van der Waals surface area contributed by atoms with Gasteiger partial charge in [0.25, 0.3) is 6.47 Å². The van der Waals surface area contributed by atoms with Crippen molar-refractivity contribution < 1.29 is 14.6 Å². The zero-order valence-electron chi connectivity index (χ0n) is 6.26. The number of hydrogen-bond donors (Lipinski definition) is 1. The molecule has 11 heavy (non-hydrogen) atoms. The molecule has 0 rings (SSSR count). The lowest BCUT2D eigenvalue weighted by Crippen LogP contribution is -1.80. The average molecular weight is 225 g/mol. The molecule has 0 bridgehead atoms. The van der Waals surface area contributed by atoms with Crippen LogP contribution in [0.15, 0.2) is 0 Å². The smallest absolute Gasteiger partial charge is 0.293 e. The molecule has 1 N–H and O–H groups in total. The predicted molar refractivity (Wildman–Crippen MR) is 47.2 cm³/mol. The molecule has 0 heterocycles. The lowest BCUT2D eigenvalue weighted by atomic mass is 10.9. The van der Waals surface area contributed by atoms with Gasteiger partial charge in [-0.05, 0) is 6.92 Å². The van der Waals surface area contributed by atoms with Crippen molar-refractivity contribution in [3.63, 3.8) is 0 Å². The standard InChI is InChI=1S/C3H6O2.CHCl3.CH4O/c1-2-5-3-4;2-1(3)4;1-2/h3H,2H2,1H3;1H;2H,1H3. The second kappa shape index (κ2) is 22.4. The molecule has 0 aliphatic carbocycles. The van der Waals surface area contributed by atoms with Crippen molar-refractivity contribution in [2.75, 3.05) is 13.7 Å². The summed E-state index contributed by atoms with van der Waals surface area (Å²) in [4.78, 5) is 9.18. The first-order valence-corrected chi connectivity index (χ1v) is 3.88. The van der Waals surface area contributed by atoms with E-state index in [1.54, 1.807) is 6.92 Å². The van der Waals surface area contributed by atoms with Crippen molar-refractivity contribution in [1.82, 2.24) is 0 Å². The van der Waals surface area contributed by atoms with Crippen molar-refractivity contribution in [1.29, 1.82) is 0 Å². The number of hydrogen-bond acceptors (Lipinski definition) is 3. The Morgan fingerprint density at radius 2 is 1.73 bits per heavy atom. The molecule has 6 heteroatoms. The molecule has 0 amide bonds. The topological polar surface area (TPSA) is 46.5 Å². The third-order valence-electron chi connectivity index (χ3n) is 0.235. The van der Waals surface area contributed by atoms with Gasteiger partial charge in [0.15, 0.2) is 4.30 Å². The van der Waals surface area contributed by atoms with Crippen molar-refractivity contribution in [3.8, 4) is 0 Å². The Hall–Kier alpha value is 0.300. The Labute approximate surface area is 81.2 Å². The molecule has 0 aliphatic rings. The van der Waals surface area contributed by atoms with Crippen LogP contribution in [-0.2, 0) is 9.53 Å². The molecule has 0 saturated heterocycles. The van der Waals surface area contributed by atoms with E-state index in [9.17, 15) is 4.79 Å². The summed E-state index contributed by atoms with van der Waals surface area (Å²) in [7, 11) is 1.00. The minimum absolute atomic E-state index is 0.431. The van der Waals surface area contributed by atoms with E-state index in [1.165, 1.54) is 0 Å². The van der Waals surface area contributed by atoms with E-state index in [0.717, 1.165) is 7.11 Å². The van der Waals surface area contributed by atoms with Crippen LogP contribution >= 0.6 is 34.8 Å². The number of aliphatic hydroxyl groups excluding tert-OH is 1. The van der Waals surface area contributed by atoms with Gasteiger partial charge in [-0.15, -0.1) is 0 Å². The van der Waals surface area contributed by atoms with Crippen LogP contribution in [-0.4, -0.2) is 29.6 Å². The van der Waals surface area contributed by atoms with Gasteiger partial charge >= 0.3 is 0 Å². The Balaban J connectivity index is -0.0000000965. The highest BCUT2D eigenvalue weighted by molar-refractivity contribution is 6.63. The summed E-state index contributed by atoms with van der Waals surface area (Å²) < 4.78 is 3.40. The second-order valence-corrected chi connectivity index (χ2v) is 2.78. The summed E-state index contributed by atoms with van der Waals surface area (Å²) in [5.41, 5.74) is 0. The number of rotatable bonds is 2. The minimum Gasteiger partial charge on any atom is -0.468 e. The van der Waals surface area contributed by atoms with E-state index >= 15 is 0 Å². The van der Waals surface area contributed by atoms with Gasteiger partial charge in [0.1, 0.15) is 0 Å². The van der Waals surface area contributed by atoms with Crippen LogP contribution in [0.2, 0.25) is 0 Å². The molecule has 0 radical (unpaired) electrons. The van der Waals surface area contributed by atoms with Crippen LogP contribution in [0, 0.1) is 0 Å². The first-order valence-electron chi connectivity index (χ1n) is 2.57. The Bertz CT molecular complexity index is 58.2. The van der Waals surface area contributed by atoms with Gasteiger partial charge in [-0.3, -0.25) is 4.79 Å². The first kappa shape index (κ1) is 17.4. The summed E-state index contributed by atoms with van der Waals surface area (Å²) in [6.45, 7) is 2.66. The zero-order valence-corrected chi connectivity index (χ0v) is 8.53. The number of halogens is 3. The van der Waals surface area contributed by atoms with E-state index in [4.69, 9.17) is 39.9 Å². The van der Waals surface area contributed by atoms with Gasteiger partial charge in [-0.25, -0.2) is 0 Å². The fraction of sp³-hybridized carbons (Fsp3) is 0.800. The quantitative estimate of drug-likeness (QED) is 0.575.